The van der Waals surface area contributed by atoms with Crippen molar-refractivity contribution in [3.8, 4) is 0 Å². The molecular weight excluding hydrogens is 466 g/mol. The monoisotopic (exact) mass is 497 g/mol. The number of carbonyl (C=O) groups excluding carboxylic acids is 2. The van der Waals surface area contributed by atoms with E-state index in [2.05, 4.69) is 4.98 Å². The van der Waals surface area contributed by atoms with Crippen LogP contribution in [0.1, 0.15) is 57.1 Å². The number of nitrogens with zero attached hydrogens (tertiary/aromatic N) is 3. The van der Waals surface area contributed by atoms with Crippen LogP contribution in [-0.4, -0.2) is 47.2 Å². The third kappa shape index (κ3) is 5.52. The number of benzene rings is 1. The highest BCUT2D eigenvalue weighted by molar-refractivity contribution is 7.89. The van der Waals surface area contributed by atoms with Gasteiger partial charge in [0.15, 0.2) is 5.78 Å². The Hall–Kier alpha value is -3.30. The molecule has 0 radical (unpaired) electrons. The quantitative estimate of drug-likeness (QED) is 0.309. The standard InChI is InChI=1S/C26H31N3O5S/c1-6-29-20(5)24(19(4)25(29)26(31)34-7-2)23(30)17-28(16-21-12-14-27-15-13-21)35(32,33)22-10-8-18(3)9-11-22/h8-15H,6-7,16-17H2,1-5H3. The Bertz CT molecular complexity index is 1310. The number of pyridine rings is 1. The van der Waals surface area contributed by atoms with Gasteiger partial charge in [0.2, 0.25) is 10.0 Å². The average Bonchev–Trinajstić information content (AvgIpc) is 3.09. The van der Waals surface area contributed by atoms with Crippen LogP contribution in [0, 0.1) is 20.8 Å². The first-order chi connectivity index (χ1) is 16.6. The summed E-state index contributed by atoms with van der Waals surface area (Å²) in [6.07, 6.45) is 3.16. The van der Waals surface area contributed by atoms with Crippen molar-refractivity contribution in [3.05, 3.63) is 82.4 Å². The van der Waals surface area contributed by atoms with Gasteiger partial charge in [-0.05, 0) is 70.0 Å². The van der Waals surface area contributed by atoms with Crippen molar-refractivity contribution < 1.29 is 22.7 Å². The molecule has 0 aliphatic heterocycles. The number of ketones is 1. The Balaban J connectivity index is 2.04. The Morgan fingerprint density at radius 1 is 1.00 bits per heavy atom. The van der Waals surface area contributed by atoms with Gasteiger partial charge in [-0.25, -0.2) is 13.2 Å². The van der Waals surface area contributed by atoms with Crippen LogP contribution in [0.5, 0.6) is 0 Å². The number of hydrogen-bond acceptors (Lipinski definition) is 6. The van der Waals surface area contributed by atoms with Crippen molar-refractivity contribution in [2.45, 2.75) is 52.6 Å². The summed E-state index contributed by atoms with van der Waals surface area (Å²) in [7, 11) is -3.98. The van der Waals surface area contributed by atoms with E-state index < -0.39 is 16.0 Å². The first-order valence-electron chi connectivity index (χ1n) is 11.5. The van der Waals surface area contributed by atoms with Gasteiger partial charge < -0.3 is 9.30 Å². The van der Waals surface area contributed by atoms with E-state index in [4.69, 9.17) is 4.74 Å². The van der Waals surface area contributed by atoms with Gasteiger partial charge in [0.05, 0.1) is 18.0 Å². The van der Waals surface area contributed by atoms with Crippen LogP contribution in [-0.2, 0) is 27.8 Å². The van der Waals surface area contributed by atoms with E-state index in [-0.39, 0.29) is 30.4 Å². The van der Waals surface area contributed by atoms with Crippen LogP contribution in [0.4, 0.5) is 0 Å². The van der Waals surface area contributed by atoms with Gasteiger partial charge in [-0.3, -0.25) is 9.78 Å². The van der Waals surface area contributed by atoms with Crippen LogP contribution in [0.2, 0.25) is 0 Å². The number of rotatable bonds is 10. The van der Waals surface area contributed by atoms with Crippen LogP contribution < -0.4 is 0 Å². The maximum absolute atomic E-state index is 13.6. The molecule has 0 unspecified atom stereocenters. The summed E-state index contributed by atoms with van der Waals surface area (Å²) >= 11 is 0. The summed E-state index contributed by atoms with van der Waals surface area (Å²) in [6, 6.07) is 9.95. The lowest BCUT2D eigenvalue weighted by Gasteiger charge is -2.22. The first-order valence-corrected chi connectivity index (χ1v) is 12.9. The molecule has 2 aromatic heterocycles. The Labute approximate surface area is 206 Å². The SMILES string of the molecule is CCOC(=O)c1c(C)c(C(=O)CN(Cc2ccncc2)S(=O)(=O)c2ccc(C)cc2)c(C)n1CC. The minimum absolute atomic E-state index is 0.00177. The molecule has 0 saturated heterocycles. The number of sulfonamides is 1. The molecule has 0 bridgehead atoms. The molecule has 0 aliphatic rings. The van der Waals surface area contributed by atoms with Crippen molar-refractivity contribution in [3.63, 3.8) is 0 Å². The minimum atomic E-state index is -3.98. The van der Waals surface area contributed by atoms with E-state index >= 15 is 0 Å². The molecule has 0 atom stereocenters. The molecule has 0 amide bonds. The van der Waals surface area contributed by atoms with E-state index in [1.165, 1.54) is 16.4 Å². The summed E-state index contributed by atoms with van der Waals surface area (Å²) in [5.41, 5.74) is 3.39. The Morgan fingerprint density at radius 3 is 2.20 bits per heavy atom. The lowest BCUT2D eigenvalue weighted by atomic mass is 10.1. The van der Waals surface area contributed by atoms with E-state index in [1.54, 1.807) is 62.0 Å². The highest BCUT2D eigenvalue weighted by Crippen LogP contribution is 2.26. The number of carbonyl (C=O) groups is 2. The zero-order chi connectivity index (χ0) is 25.8. The van der Waals surface area contributed by atoms with Gasteiger partial charge in [0.1, 0.15) is 5.69 Å². The maximum Gasteiger partial charge on any atom is 0.355 e. The van der Waals surface area contributed by atoms with Gasteiger partial charge >= 0.3 is 5.97 Å². The molecule has 8 nitrogen and oxygen atoms in total. The third-order valence-corrected chi connectivity index (χ3v) is 7.72. The topological polar surface area (TPSA) is 98.6 Å². The fourth-order valence-corrected chi connectivity index (χ4v) is 5.56. The number of ether oxygens (including phenoxy) is 1. The van der Waals surface area contributed by atoms with E-state index in [9.17, 15) is 18.0 Å². The molecule has 0 aliphatic carbocycles. The first kappa shape index (κ1) is 26.3. The average molecular weight is 498 g/mol. The Kier molecular flexibility index (Phi) is 8.24. The highest BCUT2D eigenvalue weighted by Gasteiger charge is 2.31. The smallest absolute Gasteiger partial charge is 0.355 e. The van der Waals surface area contributed by atoms with Crippen molar-refractivity contribution in [2.75, 3.05) is 13.2 Å². The number of aryl methyl sites for hydroxylation is 1. The van der Waals surface area contributed by atoms with E-state index in [1.807, 2.05) is 13.8 Å². The number of Topliss-reactive ketones (excluding diaryl/α,β-unsaturated/α-hetero) is 1. The van der Waals surface area contributed by atoms with E-state index in [0.717, 1.165) is 5.56 Å². The normalized spacial score (nSPS) is 11.6. The van der Waals surface area contributed by atoms with Crippen LogP contribution in [0.25, 0.3) is 0 Å². The van der Waals surface area contributed by atoms with Gasteiger partial charge in [-0.15, -0.1) is 0 Å². The van der Waals surface area contributed by atoms with Crippen LogP contribution >= 0.6 is 0 Å². The molecule has 35 heavy (non-hydrogen) atoms. The van der Waals surface area contributed by atoms with Crippen molar-refractivity contribution in [1.82, 2.24) is 13.9 Å². The fourth-order valence-electron chi connectivity index (χ4n) is 4.18. The molecule has 0 fully saturated rings. The van der Waals surface area contributed by atoms with Crippen LogP contribution in [0.15, 0.2) is 53.7 Å². The number of esters is 1. The van der Waals surface area contributed by atoms with Gasteiger partial charge in [-0.1, -0.05) is 17.7 Å². The zero-order valence-corrected chi connectivity index (χ0v) is 21.6. The molecule has 0 saturated carbocycles. The lowest BCUT2D eigenvalue weighted by Crippen LogP contribution is -2.35. The largest absolute Gasteiger partial charge is 0.461 e. The fraction of sp³-hybridized carbons (Fsp3) is 0.346. The predicted molar refractivity (Wildman–Crippen MR) is 133 cm³/mol. The summed E-state index contributed by atoms with van der Waals surface area (Å²) in [4.78, 5) is 30.3. The summed E-state index contributed by atoms with van der Waals surface area (Å²) in [5.74, 6) is -0.891. The van der Waals surface area contributed by atoms with Crippen molar-refractivity contribution >= 4 is 21.8 Å². The molecule has 9 heteroatoms. The lowest BCUT2D eigenvalue weighted by molar-refractivity contribution is 0.0512. The second-order valence-corrected chi connectivity index (χ2v) is 10.2. The van der Waals surface area contributed by atoms with Gasteiger partial charge in [0, 0.05) is 36.7 Å². The Morgan fingerprint density at radius 2 is 1.63 bits per heavy atom. The summed E-state index contributed by atoms with van der Waals surface area (Å²) in [6.45, 7) is 9.23. The van der Waals surface area contributed by atoms with Gasteiger partial charge in [-0.2, -0.15) is 4.31 Å². The second-order valence-electron chi connectivity index (χ2n) is 8.26. The molecule has 0 spiro atoms. The molecule has 3 aromatic rings. The summed E-state index contributed by atoms with van der Waals surface area (Å²) in [5, 5.41) is 0. The molecular formula is C26H31N3O5S. The second kappa shape index (κ2) is 11.0. The van der Waals surface area contributed by atoms with Crippen molar-refractivity contribution in [2.24, 2.45) is 0 Å². The number of hydrogen-bond donors (Lipinski definition) is 0. The molecule has 3 rings (SSSR count). The summed E-state index contributed by atoms with van der Waals surface area (Å²) < 4.78 is 35.3. The molecule has 1 aromatic carbocycles. The maximum atomic E-state index is 13.6. The van der Waals surface area contributed by atoms with Crippen LogP contribution in [0.3, 0.4) is 0 Å². The minimum Gasteiger partial charge on any atom is -0.461 e. The zero-order valence-electron chi connectivity index (χ0n) is 20.7. The molecule has 186 valence electrons. The van der Waals surface area contributed by atoms with E-state index in [0.29, 0.717) is 34.6 Å². The molecule has 2 heterocycles. The predicted octanol–water partition coefficient (Wildman–Crippen LogP) is 4.08. The van der Waals surface area contributed by atoms with Crippen molar-refractivity contribution in [1.29, 1.82) is 0 Å². The third-order valence-electron chi connectivity index (χ3n) is 5.92. The molecule has 0 N–H and O–H groups in total. The van der Waals surface area contributed by atoms with Gasteiger partial charge in [0.25, 0.3) is 0 Å². The highest BCUT2D eigenvalue weighted by atomic mass is 32.2. The number of aromatic nitrogens is 2.